The number of anilines is 1. The van der Waals surface area contributed by atoms with E-state index >= 15 is 0 Å². The van der Waals surface area contributed by atoms with Gasteiger partial charge in [0.05, 0.1) is 13.2 Å². The first-order valence-electron chi connectivity index (χ1n) is 5.50. The highest BCUT2D eigenvalue weighted by Crippen LogP contribution is 2.15. The van der Waals surface area contributed by atoms with Gasteiger partial charge in [0.25, 0.3) is 0 Å². The molecule has 0 saturated heterocycles. The van der Waals surface area contributed by atoms with Gasteiger partial charge in [-0.1, -0.05) is 28.1 Å². The molecule has 0 atom stereocenters. The van der Waals surface area contributed by atoms with Gasteiger partial charge in [-0.2, -0.15) is 0 Å². The van der Waals surface area contributed by atoms with Gasteiger partial charge in [-0.05, 0) is 41.5 Å². The van der Waals surface area contributed by atoms with Gasteiger partial charge >= 0.3 is 0 Å². The maximum atomic E-state index is 13.1. The molecule has 0 aliphatic carbocycles. The third-order valence-corrected chi connectivity index (χ3v) is 2.90. The van der Waals surface area contributed by atoms with Crippen LogP contribution in [-0.2, 0) is 18.0 Å². The third-order valence-electron chi connectivity index (χ3n) is 2.41. The van der Waals surface area contributed by atoms with Gasteiger partial charge in [0.15, 0.2) is 0 Å². The lowest BCUT2D eigenvalue weighted by Gasteiger charge is -2.06. The molecule has 0 fully saturated rings. The van der Waals surface area contributed by atoms with Crippen molar-refractivity contribution >= 4 is 21.6 Å². The first kappa shape index (κ1) is 13.1. The Morgan fingerprint density at radius 3 is 2.56 bits per heavy atom. The summed E-state index contributed by atoms with van der Waals surface area (Å²) in [4.78, 5) is 0. The van der Waals surface area contributed by atoms with Crippen LogP contribution >= 0.6 is 15.9 Å². The van der Waals surface area contributed by atoms with E-state index in [9.17, 15) is 4.39 Å². The second-order valence-electron chi connectivity index (χ2n) is 4.02. The van der Waals surface area contributed by atoms with Gasteiger partial charge in [-0.3, -0.25) is 0 Å². The Morgan fingerprint density at radius 2 is 1.83 bits per heavy atom. The number of ether oxygens (including phenoxy) is 1. The minimum Gasteiger partial charge on any atom is -0.399 e. The van der Waals surface area contributed by atoms with Gasteiger partial charge in [0.1, 0.15) is 5.82 Å². The van der Waals surface area contributed by atoms with E-state index in [2.05, 4.69) is 15.9 Å². The zero-order valence-corrected chi connectivity index (χ0v) is 11.3. The fourth-order valence-corrected chi connectivity index (χ4v) is 2.12. The summed E-state index contributed by atoms with van der Waals surface area (Å²) < 4.78 is 19.6. The van der Waals surface area contributed by atoms with Gasteiger partial charge < -0.3 is 10.5 Å². The first-order valence-corrected chi connectivity index (χ1v) is 6.30. The number of hydrogen-bond donors (Lipinski definition) is 1. The van der Waals surface area contributed by atoms with E-state index < -0.39 is 0 Å². The van der Waals surface area contributed by atoms with Crippen LogP contribution in [0.25, 0.3) is 0 Å². The van der Waals surface area contributed by atoms with E-state index in [4.69, 9.17) is 10.5 Å². The fourth-order valence-electron chi connectivity index (χ4n) is 1.67. The Kier molecular flexibility index (Phi) is 4.33. The monoisotopic (exact) mass is 309 g/mol. The highest BCUT2D eigenvalue weighted by molar-refractivity contribution is 9.10. The molecule has 0 heterocycles. The van der Waals surface area contributed by atoms with Crippen LogP contribution in [0.4, 0.5) is 10.1 Å². The van der Waals surface area contributed by atoms with Crippen molar-refractivity contribution in [1.29, 1.82) is 0 Å². The van der Waals surface area contributed by atoms with Crippen LogP contribution in [0.3, 0.4) is 0 Å². The normalized spacial score (nSPS) is 10.6. The summed E-state index contributed by atoms with van der Waals surface area (Å²) >= 11 is 3.40. The maximum Gasteiger partial charge on any atom is 0.125 e. The van der Waals surface area contributed by atoms with Crippen LogP contribution in [0.15, 0.2) is 46.9 Å². The average Bonchev–Trinajstić information content (AvgIpc) is 2.27. The zero-order valence-electron chi connectivity index (χ0n) is 9.70. The molecule has 0 aliphatic rings. The molecule has 4 heteroatoms. The molecule has 2 N–H and O–H groups in total. The van der Waals surface area contributed by atoms with Crippen molar-refractivity contribution in [2.75, 3.05) is 5.73 Å². The Morgan fingerprint density at radius 1 is 1.06 bits per heavy atom. The minimum absolute atomic E-state index is 0.337. The van der Waals surface area contributed by atoms with Crippen molar-refractivity contribution in [1.82, 2.24) is 0 Å². The minimum atomic E-state index is -0.337. The quantitative estimate of drug-likeness (QED) is 0.870. The molecule has 0 radical (unpaired) electrons. The van der Waals surface area contributed by atoms with Crippen molar-refractivity contribution in [3.63, 3.8) is 0 Å². The Bertz CT molecular complexity index is 525. The van der Waals surface area contributed by atoms with E-state index in [1.807, 2.05) is 24.3 Å². The molecule has 0 unspecified atom stereocenters. The molecular weight excluding hydrogens is 297 g/mol. The molecule has 0 bridgehead atoms. The second kappa shape index (κ2) is 5.98. The number of halogens is 2. The van der Waals surface area contributed by atoms with E-state index in [0.717, 1.165) is 15.6 Å². The SMILES string of the molecule is Nc1cc(F)cc(COCc2cccc(Br)c2)c1. The smallest absolute Gasteiger partial charge is 0.125 e. The highest BCUT2D eigenvalue weighted by Gasteiger charge is 2.00. The molecule has 0 aromatic heterocycles. The predicted octanol–water partition coefficient (Wildman–Crippen LogP) is 3.89. The van der Waals surface area contributed by atoms with Crippen molar-refractivity contribution in [3.05, 3.63) is 63.9 Å². The number of nitrogens with two attached hydrogens (primary N) is 1. The zero-order chi connectivity index (χ0) is 13.0. The van der Waals surface area contributed by atoms with Crippen LogP contribution in [0.2, 0.25) is 0 Å². The fraction of sp³-hybridized carbons (Fsp3) is 0.143. The van der Waals surface area contributed by atoms with E-state index in [0.29, 0.717) is 18.9 Å². The molecule has 2 rings (SSSR count). The van der Waals surface area contributed by atoms with Crippen LogP contribution in [0.1, 0.15) is 11.1 Å². The lowest BCUT2D eigenvalue weighted by Crippen LogP contribution is -1.96. The molecule has 18 heavy (non-hydrogen) atoms. The third kappa shape index (κ3) is 3.82. The summed E-state index contributed by atoms with van der Waals surface area (Å²) in [5.41, 5.74) is 7.78. The van der Waals surface area contributed by atoms with Gasteiger partial charge in [0, 0.05) is 10.2 Å². The summed E-state index contributed by atoms with van der Waals surface area (Å²) in [6.07, 6.45) is 0. The molecule has 0 aliphatic heterocycles. The van der Waals surface area contributed by atoms with Crippen LogP contribution in [0.5, 0.6) is 0 Å². The number of hydrogen-bond acceptors (Lipinski definition) is 2. The Balaban J connectivity index is 1.92. The lowest BCUT2D eigenvalue weighted by atomic mass is 10.2. The number of nitrogen functional groups attached to an aromatic ring is 1. The van der Waals surface area contributed by atoms with Gasteiger partial charge in [0.2, 0.25) is 0 Å². The van der Waals surface area contributed by atoms with Crippen LogP contribution < -0.4 is 5.73 Å². The standard InChI is InChI=1S/C14H13BrFNO/c15-12-3-1-2-10(4-12)8-18-9-11-5-13(16)7-14(17)6-11/h1-7H,8-9,17H2. The summed E-state index contributed by atoms with van der Waals surface area (Å²) in [5.74, 6) is -0.337. The summed E-state index contributed by atoms with van der Waals surface area (Å²) in [7, 11) is 0. The van der Waals surface area contributed by atoms with Crippen molar-refractivity contribution in [3.8, 4) is 0 Å². The molecule has 0 spiro atoms. The number of benzene rings is 2. The predicted molar refractivity (Wildman–Crippen MR) is 73.4 cm³/mol. The molecule has 94 valence electrons. The van der Waals surface area contributed by atoms with Crippen LogP contribution in [0, 0.1) is 5.82 Å². The Hall–Kier alpha value is -1.39. The molecule has 0 saturated carbocycles. The van der Waals surface area contributed by atoms with Gasteiger partial charge in [-0.15, -0.1) is 0 Å². The highest BCUT2D eigenvalue weighted by atomic mass is 79.9. The topological polar surface area (TPSA) is 35.2 Å². The molecule has 0 amide bonds. The average molecular weight is 310 g/mol. The largest absolute Gasteiger partial charge is 0.399 e. The van der Waals surface area contributed by atoms with Crippen molar-refractivity contribution in [2.24, 2.45) is 0 Å². The number of rotatable bonds is 4. The lowest BCUT2D eigenvalue weighted by molar-refractivity contribution is 0.107. The van der Waals surface area contributed by atoms with E-state index in [1.165, 1.54) is 12.1 Å². The molecule has 2 aromatic carbocycles. The molecule has 2 nitrogen and oxygen atoms in total. The first-order chi connectivity index (χ1) is 8.63. The second-order valence-corrected chi connectivity index (χ2v) is 4.93. The van der Waals surface area contributed by atoms with E-state index in [-0.39, 0.29) is 5.82 Å². The molecule has 2 aromatic rings. The Labute approximate surface area is 114 Å². The van der Waals surface area contributed by atoms with Crippen molar-refractivity contribution < 1.29 is 9.13 Å². The van der Waals surface area contributed by atoms with Crippen LogP contribution in [-0.4, -0.2) is 0 Å². The van der Waals surface area contributed by atoms with Crippen molar-refractivity contribution in [2.45, 2.75) is 13.2 Å². The van der Waals surface area contributed by atoms with E-state index in [1.54, 1.807) is 6.07 Å². The summed E-state index contributed by atoms with van der Waals surface area (Å²) in [5, 5.41) is 0. The van der Waals surface area contributed by atoms with Gasteiger partial charge in [-0.25, -0.2) is 4.39 Å². The maximum absolute atomic E-state index is 13.1. The summed E-state index contributed by atoms with van der Waals surface area (Å²) in [6.45, 7) is 0.824. The summed E-state index contributed by atoms with van der Waals surface area (Å²) in [6, 6.07) is 12.3. The molecular formula is C14H13BrFNO.